The van der Waals surface area contributed by atoms with Crippen molar-refractivity contribution in [2.75, 3.05) is 0 Å². The summed E-state index contributed by atoms with van der Waals surface area (Å²) in [7, 11) is 0. The van der Waals surface area contributed by atoms with E-state index in [9.17, 15) is 0 Å². The fraction of sp³-hybridized carbons (Fsp3) is 0.800. The smallest absolute Gasteiger partial charge is 0.0223 e. The first-order valence-electron chi connectivity index (χ1n) is 4.18. The van der Waals surface area contributed by atoms with E-state index in [4.69, 9.17) is 6.42 Å². The summed E-state index contributed by atoms with van der Waals surface area (Å²) in [5.74, 6) is 3.99. The Morgan fingerprint density at radius 1 is 1.40 bits per heavy atom. The number of unbranched alkanes of at least 4 members (excludes halogenated alkanes) is 1. The molecule has 1 unspecified atom stereocenters. The third-order valence-corrected chi connectivity index (χ3v) is 1.89. The molecule has 0 saturated heterocycles. The van der Waals surface area contributed by atoms with Crippen LogP contribution in [0.3, 0.4) is 0 Å². The zero-order valence-electron chi connectivity index (χ0n) is 7.35. The van der Waals surface area contributed by atoms with Crippen molar-refractivity contribution in [2.45, 2.75) is 40.0 Å². The lowest BCUT2D eigenvalue weighted by Gasteiger charge is -2.12. The molecule has 0 radical (unpaired) electrons. The van der Waals surface area contributed by atoms with E-state index in [1.807, 2.05) is 0 Å². The monoisotopic (exact) mass is 138 g/mol. The molecule has 58 valence electrons. The van der Waals surface area contributed by atoms with Gasteiger partial charge in [0.1, 0.15) is 0 Å². The van der Waals surface area contributed by atoms with E-state index in [2.05, 4.69) is 26.7 Å². The predicted molar refractivity (Wildman–Crippen MR) is 46.7 cm³/mol. The first kappa shape index (κ1) is 9.56. The Kier molecular flexibility index (Phi) is 5.12. The van der Waals surface area contributed by atoms with Crippen LogP contribution in [-0.2, 0) is 0 Å². The van der Waals surface area contributed by atoms with Crippen LogP contribution >= 0.6 is 0 Å². The zero-order valence-corrected chi connectivity index (χ0v) is 7.35. The van der Waals surface area contributed by atoms with Gasteiger partial charge in [-0.2, -0.15) is 0 Å². The van der Waals surface area contributed by atoms with Gasteiger partial charge >= 0.3 is 0 Å². The Bertz CT molecular complexity index is 106. The molecule has 0 aliphatic carbocycles. The van der Waals surface area contributed by atoms with Crippen LogP contribution in [0.5, 0.6) is 0 Å². The second-order valence-electron chi connectivity index (χ2n) is 3.16. The topological polar surface area (TPSA) is 0 Å². The van der Waals surface area contributed by atoms with E-state index in [-0.39, 0.29) is 0 Å². The lowest BCUT2D eigenvalue weighted by atomic mass is 9.92. The standard InChI is InChI=1S/C10H18/c1-5-7-8-10(6-2)9(3)4/h2,9-10H,5,7-8H2,1,3-4H3. The molecule has 0 aromatic rings. The van der Waals surface area contributed by atoms with Crippen LogP contribution in [-0.4, -0.2) is 0 Å². The summed E-state index contributed by atoms with van der Waals surface area (Å²) in [5, 5.41) is 0. The highest BCUT2D eigenvalue weighted by Gasteiger charge is 2.07. The van der Waals surface area contributed by atoms with Crippen LogP contribution in [0.15, 0.2) is 0 Å². The SMILES string of the molecule is C#CC(CCCC)C(C)C. The molecule has 0 heteroatoms. The van der Waals surface area contributed by atoms with Gasteiger partial charge in [-0.15, -0.1) is 12.3 Å². The summed E-state index contributed by atoms with van der Waals surface area (Å²) in [6, 6.07) is 0. The highest BCUT2D eigenvalue weighted by atomic mass is 14.1. The number of rotatable bonds is 4. The van der Waals surface area contributed by atoms with Crippen molar-refractivity contribution in [3.63, 3.8) is 0 Å². The van der Waals surface area contributed by atoms with Gasteiger partial charge in [0.2, 0.25) is 0 Å². The van der Waals surface area contributed by atoms with Crippen molar-refractivity contribution in [2.24, 2.45) is 11.8 Å². The van der Waals surface area contributed by atoms with Crippen LogP contribution in [0, 0.1) is 24.2 Å². The summed E-state index contributed by atoms with van der Waals surface area (Å²) >= 11 is 0. The summed E-state index contributed by atoms with van der Waals surface area (Å²) < 4.78 is 0. The van der Waals surface area contributed by atoms with E-state index in [0.29, 0.717) is 11.8 Å². The van der Waals surface area contributed by atoms with Gasteiger partial charge in [-0.05, 0) is 12.3 Å². The summed E-state index contributed by atoms with van der Waals surface area (Å²) in [4.78, 5) is 0. The van der Waals surface area contributed by atoms with Crippen LogP contribution in [0.25, 0.3) is 0 Å². The highest BCUT2D eigenvalue weighted by molar-refractivity contribution is 4.94. The second-order valence-corrected chi connectivity index (χ2v) is 3.16. The largest absolute Gasteiger partial charge is 0.120 e. The van der Waals surface area contributed by atoms with E-state index < -0.39 is 0 Å². The average Bonchev–Trinajstić information content (AvgIpc) is 1.89. The fourth-order valence-electron chi connectivity index (χ4n) is 1.03. The molecule has 0 aliphatic rings. The molecule has 0 rings (SSSR count). The number of hydrogen-bond donors (Lipinski definition) is 0. The van der Waals surface area contributed by atoms with Gasteiger partial charge in [0.05, 0.1) is 0 Å². The minimum absolute atomic E-state index is 0.500. The molecule has 0 aromatic heterocycles. The molecule has 0 spiro atoms. The predicted octanol–water partition coefficient (Wildman–Crippen LogP) is 3.08. The molecule has 0 saturated carbocycles. The van der Waals surface area contributed by atoms with E-state index >= 15 is 0 Å². The first-order chi connectivity index (χ1) is 4.72. The van der Waals surface area contributed by atoms with E-state index in [0.717, 1.165) is 0 Å². The molecule has 0 N–H and O–H groups in total. The minimum Gasteiger partial charge on any atom is -0.120 e. The second kappa shape index (κ2) is 5.35. The van der Waals surface area contributed by atoms with Gasteiger partial charge in [-0.25, -0.2) is 0 Å². The van der Waals surface area contributed by atoms with Crippen LogP contribution in [0.2, 0.25) is 0 Å². The van der Waals surface area contributed by atoms with Crippen molar-refractivity contribution in [1.82, 2.24) is 0 Å². The quantitative estimate of drug-likeness (QED) is 0.524. The molecule has 10 heavy (non-hydrogen) atoms. The molecule has 0 aromatic carbocycles. The van der Waals surface area contributed by atoms with Gasteiger partial charge in [0.25, 0.3) is 0 Å². The zero-order chi connectivity index (χ0) is 7.98. The molecule has 0 aliphatic heterocycles. The maximum absolute atomic E-state index is 5.36. The van der Waals surface area contributed by atoms with Gasteiger partial charge in [-0.1, -0.05) is 33.6 Å². The summed E-state index contributed by atoms with van der Waals surface area (Å²) in [6.45, 7) is 6.59. The lowest BCUT2D eigenvalue weighted by molar-refractivity contribution is 0.436. The Hall–Kier alpha value is -0.440. The highest BCUT2D eigenvalue weighted by Crippen LogP contribution is 2.16. The maximum Gasteiger partial charge on any atom is 0.0223 e. The number of hydrogen-bond acceptors (Lipinski definition) is 0. The molecular weight excluding hydrogens is 120 g/mol. The molecular formula is C10H18. The van der Waals surface area contributed by atoms with Gasteiger partial charge in [0, 0.05) is 5.92 Å². The normalized spacial score (nSPS) is 13.1. The van der Waals surface area contributed by atoms with Crippen molar-refractivity contribution >= 4 is 0 Å². The van der Waals surface area contributed by atoms with Crippen molar-refractivity contribution in [1.29, 1.82) is 0 Å². The van der Waals surface area contributed by atoms with Crippen molar-refractivity contribution in [3.05, 3.63) is 0 Å². The Morgan fingerprint density at radius 2 is 2.00 bits per heavy atom. The van der Waals surface area contributed by atoms with Gasteiger partial charge in [0.15, 0.2) is 0 Å². The molecule has 0 nitrogen and oxygen atoms in total. The maximum atomic E-state index is 5.36. The molecule has 1 atom stereocenters. The Morgan fingerprint density at radius 3 is 2.30 bits per heavy atom. The summed E-state index contributed by atoms with van der Waals surface area (Å²) in [5.41, 5.74) is 0. The average molecular weight is 138 g/mol. The molecule has 0 heterocycles. The molecule has 0 bridgehead atoms. The Balaban J connectivity index is 3.53. The third kappa shape index (κ3) is 3.56. The lowest BCUT2D eigenvalue weighted by Crippen LogP contribution is -2.05. The molecule has 0 fully saturated rings. The molecule has 0 amide bonds. The van der Waals surface area contributed by atoms with Gasteiger partial charge in [-0.3, -0.25) is 0 Å². The van der Waals surface area contributed by atoms with E-state index in [1.165, 1.54) is 19.3 Å². The fourth-order valence-corrected chi connectivity index (χ4v) is 1.03. The summed E-state index contributed by atoms with van der Waals surface area (Å²) in [6.07, 6.45) is 9.09. The van der Waals surface area contributed by atoms with Crippen molar-refractivity contribution in [3.8, 4) is 12.3 Å². The third-order valence-electron chi connectivity index (χ3n) is 1.89. The Labute approximate surface area is 65.0 Å². The number of terminal acetylenes is 1. The van der Waals surface area contributed by atoms with Crippen molar-refractivity contribution < 1.29 is 0 Å². The van der Waals surface area contributed by atoms with Crippen LogP contribution < -0.4 is 0 Å². The van der Waals surface area contributed by atoms with Crippen LogP contribution in [0.1, 0.15) is 40.0 Å². The first-order valence-corrected chi connectivity index (χ1v) is 4.18. The van der Waals surface area contributed by atoms with Gasteiger partial charge < -0.3 is 0 Å². The minimum atomic E-state index is 0.500. The van der Waals surface area contributed by atoms with Crippen LogP contribution in [0.4, 0.5) is 0 Å². The van der Waals surface area contributed by atoms with E-state index in [1.54, 1.807) is 0 Å².